The summed E-state index contributed by atoms with van der Waals surface area (Å²) in [7, 11) is 0. The van der Waals surface area contributed by atoms with Gasteiger partial charge in [-0.1, -0.05) is 48.5 Å². The lowest BCUT2D eigenvalue weighted by molar-refractivity contribution is 0.107. The summed E-state index contributed by atoms with van der Waals surface area (Å²) in [5.41, 5.74) is 2.18. The number of para-hydroxylation sites is 1. The summed E-state index contributed by atoms with van der Waals surface area (Å²) < 4.78 is 15.6. The summed E-state index contributed by atoms with van der Waals surface area (Å²) in [5, 5.41) is 4.45. The lowest BCUT2D eigenvalue weighted by Crippen LogP contribution is -2.37. The van der Waals surface area contributed by atoms with E-state index in [1.54, 1.807) is 13.8 Å². The molecule has 26 heavy (non-hydrogen) atoms. The predicted octanol–water partition coefficient (Wildman–Crippen LogP) is 4.54. The Morgan fingerprint density at radius 3 is 2.50 bits per heavy atom. The number of halogens is 1. The Morgan fingerprint density at radius 2 is 1.77 bits per heavy atom. The molecule has 0 saturated carbocycles. The SMILES string of the molecule is CC(Cc1cn(OCc2ccccc2)c2ccccc12)NCC(C)(C)F. The van der Waals surface area contributed by atoms with E-state index in [1.165, 1.54) is 10.9 Å². The molecule has 0 saturated heterocycles. The Labute approximate surface area is 154 Å². The number of nitrogens with one attached hydrogen (secondary N) is 1. The Balaban J connectivity index is 1.74. The first-order valence-corrected chi connectivity index (χ1v) is 9.11. The minimum atomic E-state index is -1.21. The summed E-state index contributed by atoms with van der Waals surface area (Å²) >= 11 is 0. The topological polar surface area (TPSA) is 26.2 Å². The fraction of sp³-hybridized carbons (Fsp3) is 0.364. The molecule has 0 amide bonds. The second kappa shape index (κ2) is 7.92. The Bertz CT molecular complexity index is 836. The van der Waals surface area contributed by atoms with Crippen molar-refractivity contribution in [2.45, 2.75) is 45.5 Å². The van der Waals surface area contributed by atoms with Gasteiger partial charge in [0.25, 0.3) is 0 Å². The molecular formula is C22H27FN2O. The van der Waals surface area contributed by atoms with Crippen molar-refractivity contribution in [2.24, 2.45) is 0 Å². The van der Waals surface area contributed by atoms with Crippen molar-refractivity contribution < 1.29 is 9.23 Å². The van der Waals surface area contributed by atoms with Gasteiger partial charge in [0.05, 0.1) is 5.52 Å². The molecule has 3 nitrogen and oxygen atoms in total. The van der Waals surface area contributed by atoms with Gasteiger partial charge in [0.2, 0.25) is 0 Å². The van der Waals surface area contributed by atoms with Crippen molar-refractivity contribution >= 4 is 10.9 Å². The standard InChI is InChI=1S/C22H27FN2O/c1-17(24-16-22(2,3)23)13-19-14-25(21-12-8-7-11-20(19)21)26-15-18-9-5-4-6-10-18/h4-12,14,17,24H,13,15-16H2,1-3H3. The minimum absolute atomic E-state index is 0.179. The maximum atomic E-state index is 13.7. The van der Waals surface area contributed by atoms with Gasteiger partial charge in [-0.05, 0) is 44.4 Å². The highest BCUT2D eigenvalue weighted by Gasteiger charge is 2.17. The van der Waals surface area contributed by atoms with Crippen molar-refractivity contribution in [3.05, 3.63) is 71.9 Å². The molecule has 0 aliphatic heterocycles. The molecule has 0 aliphatic rings. The molecule has 0 aliphatic carbocycles. The van der Waals surface area contributed by atoms with Crippen LogP contribution in [0.4, 0.5) is 4.39 Å². The first kappa shape index (κ1) is 18.5. The molecule has 0 radical (unpaired) electrons. The fourth-order valence-corrected chi connectivity index (χ4v) is 3.02. The lowest BCUT2D eigenvalue weighted by Gasteiger charge is -2.19. The lowest BCUT2D eigenvalue weighted by atomic mass is 10.1. The van der Waals surface area contributed by atoms with E-state index < -0.39 is 5.67 Å². The summed E-state index contributed by atoms with van der Waals surface area (Å²) in [4.78, 5) is 6.02. The van der Waals surface area contributed by atoms with Crippen molar-refractivity contribution in [1.29, 1.82) is 0 Å². The van der Waals surface area contributed by atoms with Crippen molar-refractivity contribution in [1.82, 2.24) is 10.0 Å². The highest BCUT2D eigenvalue weighted by Crippen LogP contribution is 2.22. The van der Waals surface area contributed by atoms with Gasteiger partial charge in [0.1, 0.15) is 12.3 Å². The van der Waals surface area contributed by atoms with E-state index in [2.05, 4.69) is 36.5 Å². The quantitative estimate of drug-likeness (QED) is 0.643. The van der Waals surface area contributed by atoms with E-state index in [9.17, 15) is 4.39 Å². The van der Waals surface area contributed by atoms with Crippen LogP contribution in [0, 0.1) is 0 Å². The van der Waals surface area contributed by atoms with Crippen LogP contribution in [0.2, 0.25) is 0 Å². The normalized spacial score (nSPS) is 13.1. The molecule has 4 heteroatoms. The monoisotopic (exact) mass is 354 g/mol. The summed E-state index contributed by atoms with van der Waals surface area (Å²) in [6.45, 7) is 6.13. The van der Waals surface area contributed by atoms with Crippen molar-refractivity contribution in [3.8, 4) is 0 Å². The van der Waals surface area contributed by atoms with E-state index in [-0.39, 0.29) is 6.04 Å². The second-order valence-corrected chi connectivity index (χ2v) is 7.46. The molecular weight excluding hydrogens is 327 g/mol. The molecule has 138 valence electrons. The number of alkyl halides is 1. The zero-order valence-electron chi connectivity index (χ0n) is 15.7. The fourth-order valence-electron chi connectivity index (χ4n) is 3.02. The third kappa shape index (κ3) is 4.85. The van der Waals surface area contributed by atoms with Crippen LogP contribution in [-0.4, -0.2) is 23.0 Å². The zero-order chi connectivity index (χ0) is 18.6. The maximum absolute atomic E-state index is 13.7. The molecule has 3 aromatic rings. The van der Waals surface area contributed by atoms with Gasteiger partial charge in [-0.3, -0.25) is 0 Å². The smallest absolute Gasteiger partial charge is 0.140 e. The number of nitrogens with zero attached hydrogens (tertiary/aromatic N) is 1. The maximum Gasteiger partial charge on any atom is 0.140 e. The molecule has 1 unspecified atom stereocenters. The van der Waals surface area contributed by atoms with Crippen LogP contribution in [0.1, 0.15) is 31.9 Å². The van der Waals surface area contributed by atoms with Gasteiger partial charge in [-0.15, -0.1) is 0 Å². The number of aromatic nitrogens is 1. The van der Waals surface area contributed by atoms with Crippen LogP contribution in [0.15, 0.2) is 60.8 Å². The molecule has 1 N–H and O–H groups in total. The highest BCUT2D eigenvalue weighted by atomic mass is 19.1. The largest absolute Gasteiger partial charge is 0.409 e. The molecule has 0 spiro atoms. The molecule has 1 atom stereocenters. The number of rotatable bonds is 8. The molecule has 0 bridgehead atoms. The van der Waals surface area contributed by atoms with Crippen LogP contribution in [-0.2, 0) is 13.0 Å². The zero-order valence-corrected chi connectivity index (χ0v) is 15.7. The third-order valence-electron chi connectivity index (χ3n) is 4.37. The van der Waals surface area contributed by atoms with E-state index in [1.807, 2.05) is 41.3 Å². The average Bonchev–Trinajstić information content (AvgIpc) is 2.96. The van der Waals surface area contributed by atoms with E-state index in [4.69, 9.17) is 4.84 Å². The van der Waals surface area contributed by atoms with Crippen molar-refractivity contribution in [2.75, 3.05) is 6.54 Å². The number of hydrogen-bond acceptors (Lipinski definition) is 2. The van der Waals surface area contributed by atoms with Crippen LogP contribution < -0.4 is 10.2 Å². The number of hydrogen-bond donors (Lipinski definition) is 1. The van der Waals surface area contributed by atoms with Crippen LogP contribution in [0.3, 0.4) is 0 Å². The van der Waals surface area contributed by atoms with Crippen LogP contribution in [0.25, 0.3) is 10.9 Å². The highest BCUT2D eigenvalue weighted by molar-refractivity contribution is 5.83. The molecule has 2 aromatic carbocycles. The van der Waals surface area contributed by atoms with Gasteiger partial charge in [0, 0.05) is 24.2 Å². The Morgan fingerprint density at radius 1 is 1.08 bits per heavy atom. The third-order valence-corrected chi connectivity index (χ3v) is 4.37. The molecule has 1 aromatic heterocycles. The van der Waals surface area contributed by atoms with Gasteiger partial charge in [-0.2, -0.15) is 4.73 Å². The summed E-state index contributed by atoms with van der Waals surface area (Å²) in [6, 6.07) is 18.5. The van der Waals surface area contributed by atoms with Gasteiger partial charge < -0.3 is 10.2 Å². The number of fused-ring (bicyclic) bond motifs is 1. The second-order valence-electron chi connectivity index (χ2n) is 7.46. The van der Waals surface area contributed by atoms with Crippen molar-refractivity contribution in [3.63, 3.8) is 0 Å². The summed E-state index contributed by atoms with van der Waals surface area (Å²) in [6.07, 6.45) is 2.87. The van der Waals surface area contributed by atoms with Gasteiger partial charge in [0.15, 0.2) is 0 Å². The van der Waals surface area contributed by atoms with Crippen LogP contribution in [0.5, 0.6) is 0 Å². The average molecular weight is 354 g/mol. The van der Waals surface area contributed by atoms with Gasteiger partial charge >= 0.3 is 0 Å². The minimum Gasteiger partial charge on any atom is -0.409 e. The Kier molecular flexibility index (Phi) is 5.62. The summed E-state index contributed by atoms with van der Waals surface area (Å²) in [5.74, 6) is 0. The van der Waals surface area contributed by atoms with E-state index in [0.29, 0.717) is 13.2 Å². The number of benzene rings is 2. The van der Waals surface area contributed by atoms with Crippen LogP contribution >= 0.6 is 0 Å². The first-order valence-electron chi connectivity index (χ1n) is 9.11. The molecule has 0 fully saturated rings. The Hall–Kier alpha value is -2.33. The first-order chi connectivity index (χ1) is 12.4. The van der Waals surface area contributed by atoms with E-state index in [0.717, 1.165) is 17.5 Å². The molecule has 1 heterocycles. The van der Waals surface area contributed by atoms with E-state index >= 15 is 0 Å². The molecule has 3 rings (SSSR count). The van der Waals surface area contributed by atoms with Gasteiger partial charge in [-0.25, -0.2) is 4.39 Å². The predicted molar refractivity (Wildman–Crippen MR) is 105 cm³/mol.